The predicted octanol–water partition coefficient (Wildman–Crippen LogP) is 3.48. The normalized spacial score (nSPS) is 26.7. The van der Waals surface area contributed by atoms with Crippen molar-refractivity contribution in [1.82, 2.24) is 0 Å². The first-order valence-electron chi connectivity index (χ1n) is 5.54. The smallest absolute Gasteiger partial charge is 0.0352 e. The van der Waals surface area contributed by atoms with Gasteiger partial charge in [0.2, 0.25) is 0 Å². The van der Waals surface area contributed by atoms with Gasteiger partial charge in [-0.05, 0) is 42.4 Å². The van der Waals surface area contributed by atoms with Gasteiger partial charge in [-0.2, -0.15) is 0 Å². The fourth-order valence-electron chi connectivity index (χ4n) is 2.64. The number of hydrogen-bond acceptors (Lipinski definition) is 1. The van der Waals surface area contributed by atoms with Crippen LogP contribution in [-0.4, -0.2) is 0 Å². The summed E-state index contributed by atoms with van der Waals surface area (Å²) in [4.78, 5) is 0. The fourth-order valence-corrected chi connectivity index (χ4v) is 2.64. The Bertz CT molecular complexity index is 330. The van der Waals surface area contributed by atoms with Gasteiger partial charge in [0, 0.05) is 5.69 Å². The Kier molecular flexibility index (Phi) is 2.49. The van der Waals surface area contributed by atoms with Crippen LogP contribution in [0.3, 0.4) is 0 Å². The lowest BCUT2D eigenvalue weighted by molar-refractivity contribution is 0.534. The van der Waals surface area contributed by atoms with E-state index in [1.54, 1.807) is 0 Å². The van der Waals surface area contributed by atoms with E-state index in [4.69, 9.17) is 5.73 Å². The number of anilines is 1. The largest absolute Gasteiger partial charge is 0.398 e. The molecule has 0 radical (unpaired) electrons. The van der Waals surface area contributed by atoms with Gasteiger partial charge in [0.1, 0.15) is 0 Å². The van der Waals surface area contributed by atoms with E-state index in [0.717, 1.165) is 11.6 Å². The predicted molar refractivity (Wildman–Crippen MR) is 61.3 cm³/mol. The highest BCUT2D eigenvalue weighted by molar-refractivity contribution is 5.51. The van der Waals surface area contributed by atoms with Gasteiger partial charge in [0.05, 0.1) is 0 Å². The minimum absolute atomic E-state index is 0.704. The van der Waals surface area contributed by atoms with E-state index in [1.165, 1.54) is 30.4 Å². The summed E-state index contributed by atoms with van der Waals surface area (Å²) >= 11 is 0. The lowest BCUT2D eigenvalue weighted by atomic mass is 9.88. The second kappa shape index (κ2) is 3.64. The molecular weight excluding hydrogens is 170 g/mol. The molecule has 0 heterocycles. The molecule has 2 rings (SSSR count). The molecule has 0 spiro atoms. The fraction of sp³-hybridized carbons (Fsp3) is 0.538. The van der Waals surface area contributed by atoms with E-state index in [9.17, 15) is 0 Å². The molecule has 76 valence electrons. The molecule has 0 aliphatic heterocycles. The Morgan fingerprint density at radius 3 is 2.64 bits per heavy atom. The van der Waals surface area contributed by atoms with Crippen LogP contribution in [0.15, 0.2) is 18.2 Å². The van der Waals surface area contributed by atoms with Crippen LogP contribution in [0.25, 0.3) is 0 Å². The van der Waals surface area contributed by atoms with Crippen molar-refractivity contribution >= 4 is 5.69 Å². The van der Waals surface area contributed by atoms with Crippen molar-refractivity contribution in [3.05, 3.63) is 29.3 Å². The monoisotopic (exact) mass is 189 g/mol. The van der Waals surface area contributed by atoms with Crippen LogP contribution < -0.4 is 5.73 Å². The average Bonchev–Trinajstić information content (AvgIpc) is 2.52. The number of nitrogens with two attached hydrogens (primary N) is 1. The van der Waals surface area contributed by atoms with Crippen LogP contribution >= 0.6 is 0 Å². The summed E-state index contributed by atoms with van der Waals surface area (Å²) in [5.74, 6) is 1.51. The third kappa shape index (κ3) is 1.63. The quantitative estimate of drug-likeness (QED) is 0.672. The molecule has 1 aromatic rings. The zero-order chi connectivity index (χ0) is 10.1. The summed E-state index contributed by atoms with van der Waals surface area (Å²) in [5.41, 5.74) is 9.69. The van der Waals surface area contributed by atoms with Crippen molar-refractivity contribution in [1.29, 1.82) is 0 Å². The van der Waals surface area contributed by atoms with Crippen LogP contribution in [-0.2, 0) is 0 Å². The Hall–Kier alpha value is -0.980. The van der Waals surface area contributed by atoms with E-state index < -0.39 is 0 Å². The number of hydrogen-bond donors (Lipinski definition) is 1. The standard InChI is InChI=1S/C13H19N/c1-9-6-7-12(13(14)8-9)11-5-3-4-10(11)2/h6-8,10-11H,3-5,14H2,1-2H3. The SMILES string of the molecule is Cc1ccc(C2CCCC2C)c(N)c1. The van der Waals surface area contributed by atoms with E-state index >= 15 is 0 Å². The van der Waals surface area contributed by atoms with E-state index in [0.29, 0.717) is 5.92 Å². The Balaban J connectivity index is 2.31. The number of nitrogen functional groups attached to an aromatic ring is 1. The second-order valence-electron chi connectivity index (χ2n) is 4.65. The summed E-state index contributed by atoms with van der Waals surface area (Å²) in [7, 11) is 0. The van der Waals surface area contributed by atoms with Gasteiger partial charge in [0.25, 0.3) is 0 Å². The summed E-state index contributed by atoms with van der Waals surface area (Å²) < 4.78 is 0. The van der Waals surface area contributed by atoms with Gasteiger partial charge in [-0.3, -0.25) is 0 Å². The van der Waals surface area contributed by atoms with Crippen molar-refractivity contribution in [3.8, 4) is 0 Å². The van der Waals surface area contributed by atoms with E-state index in [1.807, 2.05) is 0 Å². The Morgan fingerprint density at radius 2 is 2.07 bits per heavy atom. The molecule has 1 aliphatic carbocycles. The summed E-state index contributed by atoms with van der Waals surface area (Å²) in [5, 5.41) is 0. The minimum Gasteiger partial charge on any atom is -0.398 e. The molecule has 0 amide bonds. The van der Waals surface area contributed by atoms with Crippen LogP contribution in [0.2, 0.25) is 0 Å². The van der Waals surface area contributed by atoms with Crippen LogP contribution in [0.1, 0.15) is 43.2 Å². The first-order chi connectivity index (χ1) is 6.68. The molecule has 2 N–H and O–H groups in total. The molecule has 1 saturated carbocycles. The number of benzene rings is 1. The van der Waals surface area contributed by atoms with Gasteiger partial charge in [-0.25, -0.2) is 0 Å². The van der Waals surface area contributed by atoms with E-state index in [2.05, 4.69) is 32.0 Å². The first kappa shape index (κ1) is 9.57. The summed E-state index contributed by atoms with van der Waals surface area (Å²) in [6, 6.07) is 6.49. The highest BCUT2D eigenvalue weighted by atomic mass is 14.6. The lowest BCUT2D eigenvalue weighted by Crippen LogP contribution is -2.05. The molecule has 1 heteroatoms. The summed E-state index contributed by atoms with van der Waals surface area (Å²) in [6.07, 6.45) is 4.03. The molecule has 2 unspecified atom stereocenters. The maximum atomic E-state index is 6.06. The van der Waals surface area contributed by atoms with Crippen LogP contribution in [0, 0.1) is 12.8 Å². The Morgan fingerprint density at radius 1 is 1.29 bits per heavy atom. The summed E-state index contributed by atoms with van der Waals surface area (Å²) in [6.45, 7) is 4.44. The molecule has 1 aliphatic rings. The molecular formula is C13H19N. The van der Waals surface area contributed by atoms with Gasteiger partial charge in [-0.15, -0.1) is 0 Å². The Labute approximate surface area is 86.3 Å². The molecule has 14 heavy (non-hydrogen) atoms. The van der Waals surface area contributed by atoms with Crippen molar-refractivity contribution < 1.29 is 0 Å². The number of aryl methyl sites for hydroxylation is 1. The first-order valence-corrected chi connectivity index (χ1v) is 5.54. The van der Waals surface area contributed by atoms with Crippen molar-refractivity contribution in [2.75, 3.05) is 5.73 Å². The van der Waals surface area contributed by atoms with Gasteiger partial charge in [0.15, 0.2) is 0 Å². The highest BCUT2D eigenvalue weighted by Crippen LogP contribution is 2.41. The molecule has 0 bridgehead atoms. The van der Waals surface area contributed by atoms with Gasteiger partial charge < -0.3 is 5.73 Å². The highest BCUT2D eigenvalue weighted by Gasteiger charge is 2.25. The zero-order valence-corrected chi connectivity index (χ0v) is 9.09. The molecule has 2 atom stereocenters. The molecule has 1 aromatic carbocycles. The molecule has 1 fully saturated rings. The maximum absolute atomic E-state index is 6.06. The van der Waals surface area contributed by atoms with Crippen LogP contribution in [0.5, 0.6) is 0 Å². The minimum atomic E-state index is 0.704. The van der Waals surface area contributed by atoms with Gasteiger partial charge in [-0.1, -0.05) is 31.9 Å². The van der Waals surface area contributed by atoms with Crippen molar-refractivity contribution in [2.24, 2.45) is 5.92 Å². The lowest BCUT2D eigenvalue weighted by Gasteiger charge is -2.18. The van der Waals surface area contributed by atoms with Crippen molar-refractivity contribution in [2.45, 2.75) is 39.0 Å². The maximum Gasteiger partial charge on any atom is 0.0352 e. The molecule has 0 aromatic heterocycles. The van der Waals surface area contributed by atoms with E-state index in [-0.39, 0.29) is 0 Å². The molecule has 0 saturated heterocycles. The van der Waals surface area contributed by atoms with Crippen molar-refractivity contribution in [3.63, 3.8) is 0 Å². The topological polar surface area (TPSA) is 26.0 Å². The zero-order valence-electron chi connectivity index (χ0n) is 9.09. The third-order valence-corrected chi connectivity index (χ3v) is 3.50. The number of rotatable bonds is 1. The van der Waals surface area contributed by atoms with Gasteiger partial charge >= 0.3 is 0 Å². The third-order valence-electron chi connectivity index (χ3n) is 3.50. The molecule has 1 nitrogen and oxygen atoms in total. The van der Waals surface area contributed by atoms with Crippen LogP contribution in [0.4, 0.5) is 5.69 Å². The average molecular weight is 189 g/mol. The second-order valence-corrected chi connectivity index (χ2v) is 4.65.